The molecule has 0 saturated carbocycles. The number of anilines is 1. The van der Waals surface area contributed by atoms with Crippen LogP contribution in [0.4, 0.5) is 5.13 Å². The van der Waals surface area contributed by atoms with Crippen LogP contribution in [0.5, 0.6) is 0 Å². The topological polar surface area (TPSA) is 79.6 Å². The number of carbonyl (C=O) groups is 1. The molecule has 0 spiro atoms. The number of fused-ring (bicyclic) bond motifs is 1. The highest BCUT2D eigenvalue weighted by Gasteiger charge is 2.19. The SMILES string of the molecule is CCCCSCCCNC(=O)c1cnc2sc(N3CCCCCC3)nn2c1=O. The van der Waals surface area contributed by atoms with Crippen molar-refractivity contribution < 1.29 is 4.79 Å². The van der Waals surface area contributed by atoms with E-state index in [1.165, 1.54) is 47.7 Å². The van der Waals surface area contributed by atoms with Crippen LogP contribution in [0, 0.1) is 0 Å². The van der Waals surface area contributed by atoms with Crippen LogP contribution in [0.15, 0.2) is 11.0 Å². The summed E-state index contributed by atoms with van der Waals surface area (Å²) in [6.45, 7) is 4.66. The van der Waals surface area contributed by atoms with Crippen LogP contribution < -0.4 is 15.8 Å². The van der Waals surface area contributed by atoms with E-state index >= 15 is 0 Å². The number of nitrogens with one attached hydrogen (secondary N) is 1. The summed E-state index contributed by atoms with van der Waals surface area (Å²) in [5.74, 6) is 1.81. The number of nitrogens with zero attached hydrogens (tertiary/aromatic N) is 4. The van der Waals surface area contributed by atoms with E-state index in [0.29, 0.717) is 11.5 Å². The standard InChI is InChI=1S/C19H29N5O2S2/c1-2-3-12-27-13-8-9-20-16(25)15-14-21-18-24(17(15)26)22-19(28-18)23-10-6-4-5-7-11-23/h14H,2-13H2,1H3,(H,20,25). The van der Waals surface area contributed by atoms with Crippen LogP contribution in [-0.4, -0.2) is 51.6 Å². The zero-order valence-electron chi connectivity index (χ0n) is 16.5. The number of thioether (sulfide) groups is 1. The molecular weight excluding hydrogens is 394 g/mol. The summed E-state index contributed by atoms with van der Waals surface area (Å²) in [4.78, 5) is 32.2. The summed E-state index contributed by atoms with van der Waals surface area (Å²) in [6, 6.07) is 0. The summed E-state index contributed by atoms with van der Waals surface area (Å²) in [6.07, 6.45) is 9.47. The zero-order valence-corrected chi connectivity index (χ0v) is 18.1. The lowest BCUT2D eigenvalue weighted by Crippen LogP contribution is -2.32. The number of hydrogen-bond acceptors (Lipinski definition) is 7. The van der Waals surface area contributed by atoms with Gasteiger partial charge in [-0.05, 0) is 37.2 Å². The van der Waals surface area contributed by atoms with Gasteiger partial charge >= 0.3 is 0 Å². The van der Waals surface area contributed by atoms with Crippen LogP contribution in [0.1, 0.15) is 62.2 Å². The number of unbranched alkanes of at least 4 members (excludes halogenated alkanes) is 1. The molecule has 2 aromatic rings. The second-order valence-corrected chi connectivity index (χ2v) is 9.19. The van der Waals surface area contributed by atoms with Gasteiger partial charge in [0.2, 0.25) is 10.1 Å². The number of carbonyl (C=O) groups excluding carboxylic acids is 1. The van der Waals surface area contributed by atoms with Crippen LogP contribution in [0.3, 0.4) is 0 Å². The van der Waals surface area contributed by atoms with Gasteiger partial charge < -0.3 is 10.2 Å². The molecule has 1 saturated heterocycles. The summed E-state index contributed by atoms with van der Waals surface area (Å²) < 4.78 is 1.28. The molecule has 0 bridgehead atoms. The Hall–Kier alpha value is -1.61. The first-order valence-corrected chi connectivity index (χ1v) is 12.2. The maximum absolute atomic E-state index is 12.7. The molecule has 1 aliphatic rings. The molecule has 3 heterocycles. The Morgan fingerprint density at radius 2 is 1.96 bits per heavy atom. The fraction of sp³-hybridized carbons (Fsp3) is 0.684. The third-order valence-corrected chi connectivity index (χ3v) is 6.93. The van der Waals surface area contributed by atoms with Gasteiger partial charge in [0.15, 0.2) is 0 Å². The Balaban J connectivity index is 1.61. The minimum absolute atomic E-state index is 0.0591. The molecule has 1 aliphatic heterocycles. The minimum atomic E-state index is -0.392. The van der Waals surface area contributed by atoms with Crippen molar-refractivity contribution in [1.82, 2.24) is 19.9 Å². The van der Waals surface area contributed by atoms with E-state index in [1.54, 1.807) is 0 Å². The molecule has 1 fully saturated rings. The van der Waals surface area contributed by atoms with Crippen molar-refractivity contribution in [2.24, 2.45) is 0 Å². The van der Waals surface area contributed by atoms with E-state index in [0.717, 1.165) is 49.0 Å². The molecule has 3 rings (SSSR count). The average Bonchev–Trinajstić information content (AvgIpc) is 2.95. The van der Waals surface area contributed by atoms with E-state index in [4.69, 9.17) is 0 Å². The lowest BCUT2D eigenvalue weighted by molar-refractivity contribution is 0.0951. The van der Waals surface area contributed by atoms with Crippen molar-refractivity contribution in [2.75, 3.05) is 36.0 Å². The second-order valence-electron chi connectivity index (χ2n) is 7.03. The number of hydrogen-bond donors (Lipinski definition) is 1. The Morgan fingerprint density at radius 3 is 2.71 bits per heavy atom. The molecule has 0 radical (unpaired) electrons. The highest BCUT2D eigenvalue weighted by atomic mass is 32.2. The average molecular weight is 424 g/mol. The largest absolute Gasteiger partial charge is 0.352 e. The van der Waals surface area contributed by atoms with Gasteiger partial charge in [-0.15, -0.1) is 5.10 Å². The first kappa shape index (κ1) is 21.1. The fourth-order valence-electron chi connectivity index (χ4n) is 3.14. The number of amides is 1. The van der Waals surface area contributed by atoms with Crippen molar-refractivity contribution in [2.45, 2.75) is 51.9 Å². The van der Waals surface area contributed by atoms with Crippen LogP contribution >= 0.6 is 23.1 Å². The molecular formula is C19H29N5O2S2. The predicted molar refractivity (Wildman–Crippen MR) is 117 cm³/mol. The summed E-state index contributed by atoms with van der Waals surface area (Å²) >= 11 is 3.32. The first-order chi connectivity index (χ1) is 13.7. The lowest BCUT2D eigenvalue weighted by atomic mass is 10.2. The van der Waals surface area contributed by atoms with E-state index in [1.807, 2.05) is 11.8 Å². The van der Waals surface area contributed by atoms with Crippen molar-refractivity contribution in [1.29, 1.82) is 0 Å². The van der Waals surface area contributed by atoms with Gasteiger partial charge in [0.25, 0.3) is 11.5 Å². The minimum Gasteiger partial charge on any atom is -0.352 e. The molecule has 28 heavy (non-hydrogen) atoms. The first-order valence-electron chi connectivity index (χ1n) is 10.2. The fourth-order valence-corrected chi connectivity index (χ4v) is 5.10. The number of aromatic nitrogens is 3. The molecule has 7 nitrogen and oxygen atoms in total. The molecule has 0 unspecified atom stereocenters. The van der Waals surface area contributed by atoms with Gasteiger partial charge in [-0.2, -0.15) is 16.3 Å². The van der Waals surface area contributed by atoms with Gasteiger partial charge in [0, 0.05) is 25.8 Å². The monoisotopic (exact) mass is 423 g/mol. The van der Waals surface area contributed by atoms with Crippen LogP contribution in [0.2, 0.25) is 0 Å². The molecule has 1 amide bonds. The Morgan fingerprint density at radius 1 is 1.21 bits per heavy atom. The lowest BCUT2D eigenvalue weighted by Gasteiger charge is -2.17. The zero-order chi connectivity index (χ0) is 19.8. The summed E-state index contributed by atoms with van der Waals surface area (Å²) in [5, 5.41) is 8.11. The molecule has 0 atom stereocenters. The third kappa shape index (κ3) is 5.47. The second kappa shape index (κ2) is 10.8. The van der Waals surface area contributed by atoms with E-state index in [2.05, 4.69) is 27.2 Å². The van der Waals surface area contributed by atoms with Gasteiger partial charge in [-0.3, -0.25) is 9.59 Å². The van der Waals surface area contributed by atoms with Gasteiger partial charge in [-0.1, -0.05) is 37.5 Å². The Bertz CT molecular complexity index is 827. The highest BCUT2D eigenvalue weighted by molar-refractivity contribution is 7.99. The quantitative estimate of drug-likeness (QED) is 0.624. The number of rotatable bonds is 9. The maximum Gasteiger partial charge on any atom is 0.288 e. The molecule has 9 heteroatoms. The third-order valence-electron chi connectivity index (χ3n) is 4.79. The normalized spacial score (nSPS) is 15.0. The van der Waals surface area contributed by atoms with E-state index in [9.17, 15) is 9.59 Å². The Kier molecular flexibility index (Phi) is 8.14. The van der Waals surface area contributed by atoms with Gasteiger partial charge in [0.05, 0.1) is 0 Å². The smallest absolute Gasteiger partial charge is 0.288 e. The van der Waals surface area contributed by atoms with Crippen LogP contribution in [0.25, 0.3) is 4.96 Å². The van der Waals surface area contributed by atoms with Gasteiger partial charge in [0.1, 0.15) is 5.56 Å². The maximum atomic E-state index is 12.7. The van der Waals surface area contributed by atoms with Crippen molar-refractivity contribution in [3.63, 3.8) is 0 Å². The summed E-state index contributed by atoms with van der Waals surface area (Å²) in [5.41, 5.74) is -0.332. The highest BCUT2D eigenvalue weighted by Crippen LogP contribution is 2.24. The Labute approximate surface area is 173 Å². The predicted octanol–water partition coefficient (Wildman–Crippen LogP) is 3.18. The summed E-state index contributed by atoms with van der Waals surface area (Å²) in [7, 11) is 0. The van der Waals surface area contributed by atoms with E-state index < -0.39 is 5.56 Å². The van der Waals surface area contributed by atoms with E-state index in [-0.39, 0.29) is 11.5 Å². The molecule has 0 aromatic carbocycles. The van der Waals surface area contributed by atoms with Crippen molar-refractivity contribution >= 4 is 39.1 Å². The van der Waals surface area contributed by atoms with Gasteiger partial charge in [-0.25, -0.2) is 4.98 Å². The molecule has 154 valence electrons. The van der Waals surface area contributed by atoms with Crippen LogP contribution in [-0.2, 0) is 0 Å². The van der Waals surface area contributed by atoms with Crippen molar-refractivity contribution in [3.8, 4) is 0 Å². The molecule has 1 N–H and O–H groups in total. The molecule has 0 aliphatic carbocycles. The van der Waals surface area contributed by atoms with Crippen molar-refractivity contribution in [3.05, 3.63) is 22.1 Å². The molecule has 2 aromatic heterocycles.